The molecular formula is C8H6ClFO3. The lowest BCUT2D eigenvalue weighted by Gasteiger charge is -2.07. The van der Waals surface area contributed by atoms with Gasteiger partial charge in [-0.05, 0) is 6.07 Å². The van der Waals surface area contributed by atoms with E-state index < -0.39 is 11.6 Å². The Balaban J connectivity index is 3.45. The number of hydrogen-bond acceptors (Lipinski definition) is 3. The van der Waals surface area contributed by atoms with Gasteiger partial charge >= 0.3 is 0 Å². The summed E-state index contributed by atoms with van der Waals surface area (Å²) in [6, 6.07) is 0.854. The van der Waals surface area contributed by atoms with Crippen molar-refractivity contribution in [1.29, 1.82) is 0 Å². The molecule has 0 saturated heterocycles. The predicted molar refractivity (Wildman–Crippen MR) is 45.0 cm³/mol. The van der Waals surface area contributed by atoms with Crippen molar-refractivity contribution in [2.24, 2.45) is 0 Å². The van der Waals surface area contributed by atoms with Gasteiger partial charge in [-0.1, -0.05) is 11.6 Å². The topological polar surface area (TPSA) is 46.5 Å². The zero-order chi connectivity index (χ0) is 10.0. The fourth-order valence-corrected chi connectivity index (χ4v) is 1.16. The van der Waals surface area contributed by atoms with E-state index in [0.29, 0.717) is 6.29 Å². The lowest BCUT2D eigenvalue weighted by Crippen LogP contribution is -1.93. The van der Waals surface area contributed by atoms with Crippen molar-refractivity contribution < 1.29 is 19.0 Å². The van der Waals surface area contributed by atoms with E-state index in [-0.39, 0.29) is 16.3 Å². The monoisotopic (exact) mass is 204 g/mol. The molecule has 0 aliphatic rings. The molecule has 0 heterocycles. The molecule has 0 fully saturated rings. The average molecular weight is 205 g/mol. The van der Waals surface area contributed by atoms with Gasteiger partial charge in [0.2, 0.25) is 0 Å². The smallest absolute Gasteiger partial charge is 0.176 e. The fourth-order valence-electron chi connectivity index (χ4n) is 0.886. The van der Waals surface area contributed by atoms with Crippen LogP contribution in [-0.4, -0.2) is 18.5 Å². The summed E-state index contributed by atoms with van der Waals surface area (Å²) in [6.07, 6.45) is 0.309. The van der Waals surface area contributed by atoms with Crippen LogP contribution in [0, 0.1) is 5.82 Å². The molecule has 0 unspecified atom stereocenters. The second-order valence-corrected chi connectivity index (χ2v) is 2.64. The Morgan fingerprint density at radius 1 is 1.69 bits per heavy atom. The van der Waals surface area contributed by atoms with Crippen molar-refractivity contribution in [1.82, 2.24) is 0 Å². The summed E-state index contributed by atoms with van der Waals surface area (Å²) < 4.78 is 17.6. The summed E-state index contributed by atoms with van der Waals surface area (Å²) >= 11 is 5.51. The maximum absolute atomic E-state index is 13.0. The first kappa shape index (κ1) is 9.80. The maximum Gasteiger partial charge on any atom is 0.176 e. The Morgan fingerprint density at radius 2 is 2.31 bits per heavy atom. The molecule has 1 aromatic rings. The van der Waals surface area contributed by atoms with Crippen LogP contribution >= 0.6 is 11.6 Å². The number of phenolic OH excluding ortho intramolecular Hbond substituents is 1. The Labute approximate surface area is 78.7 Å². The Kier molecular flexibility index (Phi) is 2.72. The zero-order valence-corrected chi connectivity index (χ0v) is 7.43. The maximum atomic E-state index is 13.0. The predicted octanol–water partition coefficient (Wildman–Crippen LogP) is 2.01. The minimum atomic E-state index is -0.785. The average Bonchev–Trinajstić information content (AvgIpc) is 2.12. The summed E-state index contributed by atoms with van der Waals surface area (Å²) in [5.74, 6) is -1.54. The van der Waals surface area contributed by atoms with Crippen LogP contribution in [0.4, 0.5) is 4.39 Å². The third kappa shape index (κ3) is 1.58. The third-order valence-electron chi connectivity index (χ3n) is 1.51. The zero-order valence-electron chi connectivity index (χ0n) is 6.67. The molecular weight excluding hydrogens is 199 g/mol. The number of aromatic hydroxyl groups is 1. The highest BCUT2D eigenvalue weighted by molar-refractivity contribution is 6.34. The van der Waals surface area contributed by atoms with Crippen LogP contribution < -0.4 is 4.74 Å². The van der Waals surface area contributed by atoms with Gasteiger partial charge in [0, 0.05) is 0 Å². The second-order valence-electron chi connectivity index (χ2n) is 2.26. The van der Waals surface area contributed by atoms with Gasteiger partial charge in [0.15, 0.2) is 17.9 Å². The van der Waals surface area contributed by atoms with E-state index in [1.165, 1.54) is 7.11 Å². The first-order valence-corrected chi connectivity index (χ1v) is 3.69. The molecule has 3 nitrogen and oxygen atoms in total. The molecule has 0 amide bonds. The van der Waals surface area contributed by atoms with Gasteiger partial charge in [0.1, 0.15) is 10.8 Å². The molecule has 0 aromatic heterocycles. The minimum Gasteiger partial charge on any atom is -0.505 e. The van der Waals surface area contributed by atoms with Gasteiger partial charge in [-0.25, -0.2) is 4.39 Å². The van der Waals surface area contributed by atoms with Crippen LogP contribution in [0.25, 0.3) is 0 Å². The van der Waals surface area contributed by atoms with Gasteiger partial charge in [0.25, 0.3) is 0 Å². The van der Waals surface area contributed by atoms with Crippen LogP contribution in [-0.2, 0) is 0 Å². The summed E-state index contributed by atoms with van der Waals surface area (Å²) in [7, 11) is 1.21. The second kappa shape index (κ2) is 3.62. The Hall–Kier alpha value is -1.29. The van der Waals surface area contributed by atoms with Crippen molar-refractivity contribution in [3.8, 4) is 11.5 Å². The number of ether oxygens (including phenoxy) is 1. The van der Waals surface area contributed by atoms with Gasteiger partial charge in [-0.2, -0.15) is 0 Å². The Morgan fingerprint density at radius 3 is 2.77 bits per heavy atom. The fraction of sp³-hybridized carbons (Fsp3) is 0.125. The number of methoxy groups -OCH3 is 1. The summed E-state index contributed by atoms with van der Waals surface area (Å²) in [5.41, 5.74) is -0.205. The molecule has 5 heteroatoms. The van der Waals surface area contributed by atoms with E-state index in [9.17, 15) is 14.3 Å². The molecule has 1 N–H and O–H groups in total. The molecule has 0 atom stereocenters. The van der Waals surface area contributed by atoms with E-state index in [2.05, 4.69) is 4.74 Å². The van der Waals surface area contributed by atoms with E-state index in [4.69, 9.17) is 11.6 Å². The number of rotatable bonds is 2. The van der Waals surface area contributed by atoms with E-state index in [1.807, 2.05) is 0 Å². The molecule has 1 rings (SSSR count). The molecule has 70 valence electrons. The normalized spacial score (nSPS) is 9.77. The number of carbonyl (C=O) groups excluding carboxylic acids is 1. The van der Waals surface area contributed by atoms with Crippen LogP contribution in [0.1, 0.15) is 10.4 Å². The third-order valence-corrected chi connectivity index (χ3v) is 1.86. The molecule has 0 bridgehead atoms. The highest BCUT2D eigenvalue weighted by atomic mass is 35.5. The van der Waals surface area contributed by atoms with E-state index >= 15 is 0 Å². The van der Waals surface area contributed by atoms with Crippen molar-refractivity contribution >= 4 is 17.9 Å². The summed E-state index contributed by atoms with van der Waals surface area (Å²) in [6.45, 7) is 0. The van der Waals surface area contributed by atoms with E-state index in [1.54, 1.807) is 0 Å². The Bertz CT molecular complexity index is 352. The summed E-state index contributed by atoms with van der Waals surface area (Å²) in [5, 5.41) is 8.92. The molecule has 1 aromatic carbocycles. The number of hydrogen-bond donors (Lipinski definition) is 1. The molecule has 0 spiro atoms. The van der Waals surface area contributed by atoms with Crippen LogP contribution in [0.5, 0.6) is 11.5 Å². The minimum absolute atomic E-state index is 0.205. The van der Waals surface area contributed by atoms with Crippen molar-refractivity contribution in [3.63, 3.8) is 0 Å². The van der Waals surface area contributed by atoms with Gasteiger partial charge in [0.05, 0.1) is 12.7 Å². The first-order chi connectivity index (χ1) is 6.11. The number of aldehydes is 1. The largest absolute Gasteiger partial charge is 0.505 e. The summed E-state index contributed by atoms with van der Waals surface area (Å²) in [4.78, 5) is 10.3. The van der Waals surface area contributed by atoms with Crippen molar-refractivity contribution in [2.45, 2.75) is 0 Å². The molecule has 13 heavy (non-hydrogen) atoms. The van der Waals surface area contributed by atoms with E-state index in [0.717, 1.165) is 6.07 Å². The quantitative estimate of drug-likeness (QED) is 0.750. The number of halogens is 2. The number of phenols is 1. The van der Waals surface area contributed by atoms with Gasteiger partial charge < -0.3 is 9.84 Å². The van der Waals surface area contributed by atoms with Crippen molar-refractivity contribution in [3.05, 3.63) is 22.5 Å². The molecule has 0 aliphatic heterocycles. The van der Waals surface area contributed by atoms with Crippen LogP contribution in [0.3, 0.4) is 0 Å². The lowest BCUT2D eigenvalue weighted by molar-refractivity contribution is 0.112. The standard InChI is InChI=1S/C8H6ClFO3/c1-13-8-5(10)2-4(3-11)7(12)6(8)9/h2-3,12H,1H3. The van der Waals surface area contributed by atoms with Gasteiger partial charge in [-0.15, -0.1) is 0 Å². The van der Waals surface area contributed by atoms with Crippen molar-refractivity contribution in [2.75, 3.05) is 7.11 Å². The number of benzene rings is 1. The highest BCUT2D eigenvalue weighted by Gasteiger charge is 2.16. The van der Waals surface area contributed by atoms with Crippen LogP contribution in [0.2, 0.25) is 5.02 Å². The molecule has 0 radical (unpaired) electrons. The molecule has 0 aliphatic carbocycles. The van der Waals surface area contributed by atoms with Crippen LogP contribution in [0.15, 0.2) is 6.07 Å². The number of carbonyl (C=O) groups is 1. The molecule has 0 saturated carbocycles. The lowest BCUT2D eigenvalue weighted by atomic mass is 10.2. The van der Waals surface area contributed by atoms with Gasteiger partial charge in [-0.3, -0.25) is 4.79 Å². The first-order valence-electron chi connectivity index (χ1n) is 3.32. The SMILES string of the molecule is COc1c(F)cc(C=O)c(O)c1Cl. The highest BCUT2D eigenvalue weighted by Crippen LogP contribution is 2.37.